The van der Waals surface area contributed by atoms with E-state index in [4.69, 9.17) is 21.1 Å². The molecule has 0 saturated heterocycles. The Labute approximate surface area is 137 Å². The summed E-state index contributed by atoms with van der Waals surface area (Å²) in [6.45, 7) is 0. The molecule has 3 rings (SSSR count). The summed E-state index contributed by atoms with van der Waals surface area (Å²) in [6.07, 6.45) is -2.74. The van der Waals surface area contributed by atoms with Gasteiger partial charge in [0.15, 0.2) is 6.10 Å². The Bertz CT molecular complexity index is 753. The van der Waals surface area contributed by atoms with Gasteiger partial charge in [-0.15, -0.1) is 0 Å². The van der Waals surface area contributed by atoms with Gasteiger partial charge in [-0.05, 0) is 23.7 Å². The SMILES string of the molecule is COc1ccccc1C1Oc2ccccc2C(O)C1(Cl)[N+](=O)[O-]. The summed E-state index contributed by atoms with van der Waals surface area (Å²) in [7, 11) is 1.45. The molecule has 3 unspecified atom stereocenters. The van der Waals surface area contributed by atoms with E-state index < -0.39 is 22.1 Å². The van der Waals surface area contributed by atoms with E-state index in [1.165, 1.54) is 7.11 Å². The van der Waals surface area contributed by atoms with Crippen molar-refractivity contribution in [1.29, 1.82) is 0 Å². The van der Waals surface area contributed by atoms with Crippen LogP contribution in [0.15, 0.2) is 48.5 Å². The number of hydrogen-bond acceptors (Lipinski definition) is 5. The van der Waals surface area contributed by atoms with Gasteiger partial charge in [0.1, 0.15) is 11.5 Å². The quantitative estimate of drug-likeness (QED) is 0.403. The van der Waals surface area contributed by atoms with Crippen molar-refractivity contribution in [2.45, 2.75) is 17.2 Å². The third kappa shape index (κ3) is 2.31. The third-order valence-corrected chi connectivity index (χ3v) is 4.45. The lowest BCUT2D eigenvalue weighted by Crippen LogP contribution is -2.49. The second-order valence-corrected chi connectivity index (χ2v) is 5.77. The average Bonchev–Trinajstić information content (AvgIpc) is 2.58. The molecule has 1 aliphatic heterocycles. The van der Waals surface area contributed by atoms with E-state index in [1.54, 1.807) is 48.5 Å². The summed E-state index contributed by atoms with van der Waals surface area (Å²) in [6, 6.07) is 13.3. The maximum absolute atomic E-state index is 11.7. The Morgan fingerprint density at radius 1 is 1.22 bits per heavy atom. The minimum atomic E-state index is -2.26. The maximum Gasteiger partial charge on any atom is 0.365 e. The monoisotopic (exact) mass is 335 g/mol. The first-order valence-electron chi connectivity index (χ1n) is 6.90. The van der Waals surface area contributed by atoms with E-state index in [0.29, 0.717) is 17.1 Å². The van der Waals surface area contributed by atoms with Crippen LogP contribution in [0.3, 0.4) is 0 Å². The van der Waals surface area contributed by atoms with Crippen LogP contribution in [0.1, 0.15) is 23.3 Å². The molecule has 0 amide bonds. The number of aliphatic hydroxyl groups is 1. The van der Waals surface area contributed by atoms with Gasteiger partial charge >= 0.3 is 5.00 Å². The molecule has 0 radical (unpaired) electrons. The molecule has 1 heterocycles. The van der Waals surface area contributed by atoms with Crippen LogP contribution < -0.4 is 9.47 Å². The number of halogens is 1. The molecule has 2 aromatic rings. The smallest absolute Gasteiger partial charge is 0.365 e. The normalized spacial score (nSPS) is 26.0. The van der Waals surface area contributed by atoms with Gasteiger partial charge < -0.3 is 14.6 Å². The number of methoxy groups -OCH3 is 1. The number of hydrogen-bond donors (Lipinski definition) is 1. The highest BCUT2D eigenvalue weighted by atomic mass is 35.5. The van der Waals surface area contributed by atoms with Crippen LogP contribution in [0.25, 0.3) is 0 Å². The van der Waals surface area contributed by atoms with E-state index in [2.05, 4.69) is 0 Å². The molecule has 0 spiro atoms. The van der Waals surface area contributed by atoms with Crippen LogP contribution in [0.5, 0.6) is 11.5 Å². The Morgan fingerprint density at radius 2 is 1.83 bits per heavy atom. The molecule has 120 valence electrons. The van der Waals surface area contributed by atoms with Crippen LogP contribution in [-0.4, -0.2) is 22.1 Å². The number of nitro groups is 1. The molecule has 6 nitrogen and oxygen atoms in total. The predicted octanol–water partition coefficient (Wildman–Crippen LogP) is 3.07. The van der Waals surface area contributed by atoms with Gasteiger partial charge in [0.25, 0.3) is 0 Å². The third-order valence-electron chi connectivity index (χ3n) is 3.91. The van der Waals surface area contributed by atoms with Gasteiger partial charge in [-0.1, -0.05) is 36.4 Å². The van der Waals surface area contributed by atoms with Crippen molar-refractivity contribution in [2.75, 3.05) is 7.11 Å². The van der Waals surface area contributed by atoms with E-state index >= 15 is 0 Å². The molecular weight excluding hydrogens is 322 g/mol. The van der Waals surface area contributed by atoms with Crippen molar-refractivity contribution in [3.8, 4) is 11.5 Å². The predicted molar refractivity (Wildman–Crippen MR) is 83.3 cm³/mol. The largest absolute Gasteiger partial charge is 0.496 e. The Hall–Kier alpha value is -2.31. The molecular formula is C16H14ClNO5. The van der Waals surface area contributed by atoms with Gasteiger partial charge in [-0.2, -0.15) is 0 Å². The second kappa shape index (κ2) is 5.72. The van der Waals surface area contributed by atoms with Crippen molar-refractivity contribution >= 4 is 11.6 Å². The number of nitrogens with zero attached hydrogens (tertiary/aromatic N) is 1. The fourth-order valence-corrected chi connectivity index (χ4v) is 3.02. The number of alkyl halides is 1. The lowest BCUT2D eigenvalue weighted by molar-refractivity contribution is -0.570. The van der Waals surface area contributed by atoms with E-state index in [0.717, 1.165) is 0 Å². The van der Waals surface area contributed by atoms with Gasteiger partial charge in [-0.25, -0.2) is 0 Å². The highest BCUT2D eigenvalue weighted by Crippen LogP contribution is 2.52. The Morgan fingerprint density at radius 3 is 2.48 bits per heavy atom. The number of para-hydroxylation sites is 2. The van der Waals surface area contributed by atoms with Crippen molar-refractivity contribution in [2.24, 2.45) is 0 Å². The summed E-state index contributed by atoms with van der Waals surface area (Å²) < 4.78 is 11.0. The molecule has 0 aliphatic carbocycles. The molecule has 0 aromatic heterocycles. The van der Waals surface area contributed by atoms with Crippen molar-refractivity contribution < 1.29 is 19.5 Å². The van der Waals surface area contributed by atoms with Crippen molar-refractivity contribution in [1.82, 2.24) is 0 Å². The minimum Gasteiger partial charge on any atom is -0.496 e. The number of benzene rings is 2. The summed E-state index contributed by atoms with van der Waals surface area (Å²) >= 11 is 6.29. The summed E-state index contributed by atoms with van der Waals surface area (Å²) in [4.78, 5) is 8.70. The fraction of sp³-hybridized carbons (Fsp3) is 0.250. The maximum atomic E-state index is 11.7. The number of fused-ring (bicyclic) bond motifs is 1. The van der Waals surface area contributed by atoms with E-state index in [-0.39, 0.29) is 5.56 Å². The van der Waals surface area contributed by atoms with Crippen LogP contribution >= 0.6 is 11.6 Å². The molecule has 1 N–H and O–H groups in total. The average molecular weight is 336 g/mol. The van der Waals surface area contributed by atoms with Gasteiger partial charge in [0.05, 0.1) is 12.0 Å². The van der Waals surface area contributed by atoms with E-state index in [1.807, 2.05) is 0 Å². The standard InChI is InChI=1S/C16H14ClNO5/c1-22-12-8-4-3-7-11(12)15-16(17,18(20)21)14(19)10-6-2-5-9-13(10)23-15/h2-9,14-15,19H,1H3. The van der Waals surface area contributed by atoms with Crippen LogP contribution in [0.4, 0.5) is 0 Å². The van der Waals surface area contributed by atoms with Crippen LogP contribution in [-0.2, 0) is 0 Å². The van der Waals surface area contributed by atoms with Gasteiger partial charge in [0, 0.05) is 11.1 Å². The zero-order valence-corrected chi connectivity index (χ0v) is 12.9. The molecule has 23 heavy (non-hydrogen) atoms. The lowest BCUT2D eigenvalue weighted by atomic mass is 9.89. The van der Waals surface area contributed by atoms with E-state index in [9.17, 15) is 15.2 Å². The number of aliphatic hydroxyl groups excluding tert-OH is 1. The Kier molecular flexibility index (Phi) is 3.87. The second-order valence-electron chi connectivity index (χ2n) is 5.16. The van der Waals surface area contributed by atoms with Gasteiger partial charge in [0.2, 0.25) is 6.10 Å². The highest BCUT2D eigenvalue weighted by molar-refractivity contribution is 6.23. The topological polar surface area (TPSA) is 81.8 Å². The van der Waals surface area contributed by atoms with Crippen LogP contribution in [0.2, 0.25) is 0 Å². The fourth-order valence-electron chi connectivity index (χ4n) is 2.75. The molecule has 7 heteroatoms. The molecule has 0 bridgehead atoms. The van der Waals surface area contributed by atoms with Crippen LogP contribution in [0, 0.1) is 10.1 Å². The number of rotatable bonds is 3. The summed E-state index contributed by atoms with van der Waals surface area (Å²) in [5.74, 6) is 0.755. The molecule has 1 aliphatic rings. The first kappa shape index (κ1) is 15.6. The molecule has 2 aromatic carbocycles. The summed E-state index contributed by atoms with van der Waals surface area (Å²) in [5, 5.41) is 22.2. The first-order chi connectivity index (χ1) is 11.0. The first-order valence-corrected chi connectivity index (χ1v) is 7.28. The molecule has 3 atom stereocenters. The van der Waals surface area contributed by atoms with Crippen molar-refractivity contribution in [3.63, 3.8) is 0 Å². The molecule has 0 saturated carbocycles. The van der Waals surface area contributed by atoms with Gasteiger partial charge in [-0.3, -0.25) is 10.1 Å². The number of ether oxygens (including phenoxy) is 2. The minimum absolute atomic E-state index is 0.283. The Balaban J connectivity index is 2.20. The zero-order valence-electron chi connectivity index (χ0n) is 12.2. The summed E-state index contributed by atoms with van der Waals surface area (Å²) in [5.41, 5.74) is 0.681. The molecule has 0 fully saturated rings. The lowest BCUT2D eigenvalue weighted by Gasteiger charge is -2.37. The zero-order chi connectivity index (χ0) is 16.6. The van der Waals surface area contributed by atoms with Crippen molar-refractivity contribution in [3.05, 3.63) is 69.8 Å². The highest BCUT2D eigenvalue weighted by Gasteiger charge is 2.62.